The van der Waals surface area contributed by atoms with Crippen molar-refractivity contribution in [1.29, 1.82) is 0 Å². The molecule has 0 bridgehead atoms. The van der Waals surface area contributed by atoms with Gasteiger partial charge in [0.25, 0.3) is 0 Å². The summed E-state index contributed by atoms with van der Waals surface area (Å²) in [5, 5.41) is 11.2. The highest BCUT2D eigenvalue weighted by atomic mass is 35.5. The van der Waals surface area contributed by atoms with Crippen molar-refractivity contribution in [2.24, 2.45) is 0 Å². The van der Waals surface area contributed by atoms with Gasteiger partial charge in [-0.25, -0.2) is 0 Å². The van der Waals surface area contributed by atoms with Gasteiger partial charge in [-0.2, -0.15) is 13.2 Å². The number of rotatable bonds is 5. The van der Waals surface area contributed by atoms with Gasteiger partial charge in [0.1, 0.15) is 0 Å². The summed E-state index contributed by atoms with van der Waals surface area (Å²) in [6.45, 7) is 0.641. The van der Waals surface area contributed by atoms with Gasteiger partial charge in [-0.1, -0.05) is 12.1 Å². The Balaban J connectivity index is 0.00000289. The van der Waals surface area contributed by atoms with Crippen LogP contribution < -0.4 is 5.32 Å². The zero-order valence-electron chi connectivity index (χ0n) is 9.33. The second-order valence-electron chi connectivity index (χ2n) is 3.52. The number of carboxylic acids is 1. The molecule has 0 unspecified atom stereocenters. The number of halogens is 4. The third kappa shape index (κ3) is 5.88. The first-order valence-electron chi connectivity index (χ1n) is 4.98. The number of hydrogen-bond acceptors (Lipinski definition) is 2. The molecule has 0 heterocycles. The lowest BCUT2D eigenvalue weighted by Gasteiger charge is -2.08. The van der Waals surface area contributed by atoms with Gasteiger partial charge in [0.15, 0.2) is 0 Å². The molecule has 0 saturated heterocycles. The summed E-state index contributed by atoms with van der Waals surface area (Å²) in [5.74, 6) is -0.912. The van der Waals surface area contributed by atoms with E-state index in [-0.39, 0.29) is 25.4 Å². The summed E-state index contributed by atoms with van der Waals surface area (Å²) in [5.41, 5.74) is -0.00447. The van der Waals surface area contributed by atoms with Gasteiger partial charge in [0.2, 0.25) is 0 Å². The first-order valence-corrected chi connectivity index (χ1v) is 4.98. The van der Waals surface area contributed by atoms with E-state index in [9.17, 15) is 18.0 Å². The Labute approximate surface area is 108 Å². The predicted octanol–water partition coefficient (Wildman–Crippen LogP) is 2.69. The molecule has 0 aliphatic heterocycles. The molecule has 2 N–H and O–H groups in total. The van der Waals surface area contributed by atoms with Crippen molar-refractivity contribution in [3.05, 3.63) is 35.4 Å². The fraction of sp³-hybridized carbons (Fsp3) is 0.364. The van der Waals surface area contributed by atoms with Gasteiger partial charge < -0.3 is 10.4 Å². The maximum absolute atomic E-state index is 12.2. The van der Waals surface area contributed by atoms with E-state index in [0.717, 1.165) is 12.1 Å². The average Bonchev–Trinajstić information content (AvgIpc) is 2.23. The number of carbonyl (C=O) groups is 1. The minimum atomic E-state index is -4.32. The maximum atomic E-state index is 12.2. The van der Waals surface area contributed by atoms with E-state index < -0.39 is 17.7 Å². The van der Waals surface area contributed by atoms with Crippen LogP contribution >= 0.6 is 12.4 Å². The number of aliphatic carboxylic acids is 1. The summed E-state index contributed by atoms with van der Waals surface area (Å²) in [7, 11) is 0. The Morgan fingerprint density at radius 3 is 2.22 bits per heavy atom. The molecule has 1 aromatic carbocycles. The molecule has 0 radical (unpaired) electrons. The first-order chi connectivity index (χ1) is 7.89. The topological polar surface area (TPSA) is 49.3 Å². The lowest BCUT2D eigenvalue weighted by molar-refractivity contribution is -0.138. The summed E-state index contributed by atoms with van der Waals surface area (Å²) in [6, 6.07) is 4.76. The molecule has 0 fully saturated rings. The Hall–Kier alpha value is -1.27. The zero-order chi connectivity index (χ0) is 12.9. The SMILES string of the molecule is Cl.O=C(O)CCNCc1ccc(C(F)(F)F)cc1. The van der Waals surface area contributed by atoms with E-state index in [2.05, 4.69) is 5.32 Å². The van der Waals surface area contributed by atoms with E-state index >= 15 is 0 Å². The van der Waals surface area contributed by atoms with E-state index in [1.165, 1.54) is 12.1 Å². The molecule has 1 aromatic rings. The van der Waals surface area contributed by atoms with Crippen LogP contribution in [0.15, 0.2) is 24.3 Å². The molecule has 1 rings (SSSR count). The van der Waals surface area contributed by atoms with Crippen molar-refractivity contribution >= 4 is 18.4 Å². The highest BCUT2D eigenvalue weighted by molar-refractivity contribution is 5.85. The normalized spacial score (nSPS) is 10.8. The zero-order valence-corrected chi connectivity index (χ0v) is 10.1. The molecule has 0 amide bonds. The van der Waals surface area contributed by atoms with E-state index in [0.29, 0.717) is 12.1 Å². The molecule has 3 nitrogen and oxygen atoms in total. The average molecular weight is 284 g/mol. The van der Waals surface area contributed by atoms with Crippen molar-refractivity contribution in [3.63, 3.8) is 0 Å². The summed E-state index contributed by atoms with van der Waals surface area (Å²) >= 11 is 0. The van der Waals surface area contributed by atoms with Crippen LogP contribution in [0.4, 0.5) is 13.2 Å². The monoisotopic (exact) mass is 283 g/mol. The van der Waals surface area contributed by atoms with Crippen LogP contribution in [0.5, 0.6) is 0 Å². The molecular weight excluding hydrogens is 271 g/mol. The fourth-order valence-corrected chi connectivity index (χ4v) is 1.24. The summed E-state index contributed by atoms with van der Waals surface area (Å²) in [4.78, 5) is 10.2. The van der Waals surface area contributed by atoms with Gasteiger partial charge in [-0.3, -0.25) is 4.79 Å². The van der Waals surface area contributed by atoms with Crippen molar-refractivity contribution in [2.45, 2.75) is 19.1 Å². The van der Waals surface area contributed by atoms with Crippen molar-refractivity contribution < 1.29 is 23.1 Å². The molecular formula is C11H13ClF3NO2. The first kappa shape index (κ1) is 16.7. The van der Waals surface area contributed by atoms with E-state index in [1.807, 2.05) is 0 Å². The number of nitrogens with one attached hydrogen (secondary N) is 1. The summed E-state index contributed by atoms with van der Waals surface area (Å²) < 4.78 is 36.7. The Morgan fingerprint density at radius 2 is 1.78 bits per heavy atom. The second-order valence-corrected chi connectivity index (χ2v) is 3.52. The minimum Gasteiger partial charge on any atom is -0.481 e. The van der Waals surface area contributed by atoms with Crippen LogP contribution in [-0.2, 0) is 17.5 Å². The molecule has 0 saturated carbocycles. The van der Waals surface area contributed by atoms with Crippen molar-refractivity contribution in [3.8, 4) is 0 Å². The third-order valence-electron chi connectivity index (χ3n) is 2.13. The van der Waals surface area contributed by atoms with Crippen LogP contribution in [0, 0.1) is 0 Å². The van der Waals surface area contributed by atoms with E-state index in [1.54, 1.807) is 0 Å². The maximum Gasteiger partial charge on any atom is 0.416 e. The third-order valence-corrected chi connectivity index (χ3v) is 2.13. The summed E-state index contributed by atoms with van der Waals surface area (Å²) in [6.07, 6.45) is -4.34. The Bertz CT molecular complexity index is 379. The van der Waals surface area contributed by atoms with Crippen LogP contribution in [0.25, 0.3) is 0 Å². The minimum absolute atomic E-state index is 0. The highest BCUT2D eigenvalue weighted by Gasteiger charge is 2.29. The number of benzene rings is 1. The van der Waals surface area contributed by atoms with Gasteiger partial charge in [-0.15, -0.1) is 12.4 Å². The van der Waals surface area contributed by atoms with E-state index in [4.69, 9.17) is 5.11 Å². The van der Waals surface area contributed by atoms with Gasteiger partial charge in [0, 0.05) is 13.1 Å². The predicted molar refractivity (Wildman–Crippen MR) is 62.7 cm³/mol. The standard InChI is InChI=1S/C11H12F3NO2.ClH/c12-11(13,14)9-3-1-8(2-4-9)7-15-6-5-10(16)17;/h1-4,15H,5-7H2,(H,16,17);1H. The number of hydrogen-bond donors (Lipinski definition) is 2. The molecule has 0 aliphatic rings. The van der Waals surface area contributed by atoms with Gasteiger partial charge >= 0.3 is 12.1 Å². The van der Waals surface area contributed by atoms with Gasteiger partial charge in [-0.05, 0) is 17.7 Å². The fourth-order valence-electron chi connectivity index (χ4n) is 1.24. The lowest BCUT2D eigenvalue weighted by Crippen LogP contribution is -2.17. The van der Waals surface area contributed by atoms with Crippen molar-refractivity contribution in [2.75, 3.05) is 6.54 Å². The molecule has 7 heteroatoms. The molecule has 18 heavy (non-hydrogen) atoms. The quantitative estimate of drug-likeness (QED) is 0.817. The number of carboxylic acid groups (broad SMARTS) is 1. The number of alkyl halides is 3. The van der Waals surface area contributed by atoms with Crippen LogP contribution in [0.3, 0.4) is 0 Å². The van der Waals surface area contributed by atoms with Crippen LogP contribution in [0.2, 0.25) is 0 Å². The van der Waals surface area contributed by atoms with Crippen molar-refractivity contribution in [1.82, 2.24) is 5.32 Å². The van der Waals surface area contributed by atoms with Gasteiger partial charge in [0.05, 0.1) is 12.0 Å². The van der Waals surface area contributed by atoms with Crippen LogP contribution in [0.1, 0.15) is 17.5 Å². The molecule has 102 valence electrons. The molecule has 0 atom stereocenters. The smallest absolute Gasteiger partial charge is 0.416 e. The Kier molecular flexibility index (Phi) is 6.72. The molecule has 0 aromatic heterocycles. The second kappa shape index (κ2) is 7.23. The van der Waals surface area contributed by atoms with Crippen LogP contribution in [-0.4, -0.2) is 17.6 Å². The Morgan fingerprint density at radius 1 is 1.22 bits per heavy atom. The highest BCUT2D eigenvalue weighted by Crippen LogP contribution is 2.28. The molecule has 0 aliphatic carbocycles. The molecule has 0 spiro atoms. The largest absolute Gasteiger partial charge is 0.481 e. The lowest BCUT2D eigenvalue weighted by atomic mass is 10.1.